The fraction of sp³-hybridized carbons (Fsp3) is 0.429. The van der Waals surface area contributed by atoms with Crippen LogP contribution in [0.1, 0.15) is 25.1 Å². The van der Waals surface area contributed by atoms with Crippen molar-refractivity contribution in [1.82, 2.24) is 10.1 Å². The Morgan fingerprint density at radius 1 is 1.26 bits per heavy atom. The van der Waals surface area contributed by atoms with E-state index in [0.717, 1.165) is 36.0 Å². The van der Waals surface area contributed by atoms with Gasteiger partial charge in [0, 0.05) is 18.7 Å². The zero-order valence-electron chi connectivity index (χ0n) is 11.1. The number of anilines is 1. The summed E-state index contributed by atoms with van der Waals surface area (Å²) in [6, 6.07) is 10.1. The van der Waals surface area contributed by atoms with Gasteiger partial charge in [-0.15, -0.1) is 0 Å². The molecule has 0 saturated carbocycles. The highest BCUT2D eigenvalue weighted by molar-refractivity contribution is 7.98. The highest BCUT2D eigenvalue weighted by Gasteiger charge is 2.05. The zero-order chi connectivity index (χ0) is 13.3. The molecule has 1 aromatic heterocycles. The molecule has 0 unspecified atom stereocenters. The van der Waals surface area contributed by atoms with Gasteiger partial charge in [0.1, 0.15) is 0 Å². The number of aromatic nitrogens is 2. The summed E-state index contributed by atoms with van der Waals surface area (Å²) >= 11 is 1.84. The lowest BCUT2D eigenvalue weighted by Crippen LogP contribution is -2.04. The number of hydrogen-bond acceptors (Lipinski definition) is 5. The van der Waals surface area contributed by atoms with E-state index in [0.29, 0.717) is 5.89 Å². The van der Waals surface area contributed by atoms with Crippen LogP contribution >= 0.6 is 11.8 Å². The van der Waals surface area contributed by atoms with E-state index in [1.54, 1.807) is 0 Å². The van der Waals surface area contributed by atoms with Gasteiger partial charge in [-0.25, -0.2) is 0 Å². The predicted octanol–water partition coefficient (Wildman–Crippen LogP) is 3.37. The molecule has 0 aliphatic carbocycles. The number of nitrogens with zero attached hydrogens (tertiary/aromatic N) is 2. The van der Waals surface area contributed by atoms with Crippen LogP contribution in [0.4, 0.5) is 5.69 Å². The molecule has 0 amide bonds. The van der Waals surface area contributed by atoms with Crippen LogP contribution in [0.2, 0.25) is 0 Å². The topological polar surface area (TPSA) is 51.0 Å². The second-order valence-corrected chi connectivity index (χ2v) is 5.30. The van der Waals surface area contributed by atoms with Crippen molar-refractivity contribution in [2.45, 2.75) is 25.5 Å². The van der Waals surface area contributed by atoms with Gasteiger partial charge in [-0.05, 0) is 24.3 Å². The second kappa shape index (κ2) is 7.84. The van der Waals surface area contributed by atoms with Crippen molar-refractivity contribution in [3.63, 3.8) is 0 Å². The minimum atomic E-state index is 0.704. The first kappa shape index (κ1) is 13.9. The second-order valence-electron chi connectivity index (χ2n) is 4.20. The first-order valence-electron chi connectivity index (χ1n) is 6.56. The average Bonchev–Trinajstić information content (AvgIpc) is 2.88. The molecule has 4 nitrogen and oxygen atoms in total. The summed E-state index contributed by atoms with van der Waals surface area (Å²) in [7, 11) is 0. The molecule has 0 radical (unpaired) electrons. The lowest BCUT2D eigenvalue weighted by molar-refractivity contribution is 0.376. The molecule has 0 atom stereocenters. The largest absolute Gasteiger partial charge is 0.385 e. The summed E-state index contributed by atoms with van der Waals surface area (Å²) in [4.78, 5) is 4.37. The lowest BCUT2D eigenvalue weighted by Gasteiger charge is -2.02. The minimum absolute atomic E-state index is 0.704. The predicted molar refractivity (Wildman–Crippen MR) is 79.4 cm³/mol. The first-order chi connectivity index (χ1) is 9.38. The van der Waals surface area contributed by atoms with Gasteiger partial charge in [-0.1, -0.05) is 30.3 Å². The van der Waals surface area contributed by atoms with Crippen molar-refractivity contribution in [3.05, 3.63) is 42.0 Å². The highest BCUT2D eigenvalue weighted by Crippen LogP contribution is 2.11. The molecule has 19 heavy (non-hydrogen) atoms. The van der Waals surface area contributed by atoms with Crippen LogP contribution in [0.3, 0.4) is 0 Å². The smallest absolute Gasteiger partial charge is 0.228 e. The first-order valence-corrected chi connectivity index (χ1v) is 7.72. The lowest BCUT2D eigenvalue weighted by atomic mass is 10.3. The Bertz CT molecular complexity index is 473. The number of thioether (sulfide) groups is 1. The molecule has 0 fully saturated rings. The monoisotopic (exact) mass is 277 g/mol. The Morgan fingerprint density at radius 2 is 2.11 bits per heavy atom. The molecule has 0 saturated heterocycles. The minimum Gasteiger partial charge on any atom is -0.385 e. The fourth-order valence-corrected chi connectivity index (χ4v) is 2.36. The molecule has 1 aromatic carbocycles. The van der Waals surface area contributed by atoms with E-state index in [1.807, 2.05) is 42.1 Å². The summed E-state index contributed by atoms with van der Waals surface area (Å²) < 4.78 is 5.22. The van der Waals surface area contributed by atoms with Crippen molar-refractivity contribution >= 4 is 17.4 Å². The third-order valence-corrected chi connectivity index (χ3v) is 3.69. The molecule has 2 rings (SSSR count). The quantitative estimate of drug-likeness (QED) is 0.750. The van der Waals surface area contributed by atoms with Crippen molar-refractivity contribution in [3.8, 4) is 0 Å². The van der Waals surface area contributed by atoms with Crippen LogP contribution in [0.25, 0.3) is 0 Å². The van der Waals surface area contributed by atoms with E-state index in [9.17, 15) is 0 Å². The van der Waals surface area contributed by atoms with Crippen molar-refractivity contribution < 1.29 is 4.52 Å². The van der Waals surface area contributed by atoms with E-state index < -0.39 is 0 Å². The van der Waals surface area contributed by atoms with Crippen LogP contribution in [0.15, 0.2) is 34.9 Å². The van der Waals surface area contributed by atoms with Crippen LogP contribution in [-0.2, 0) is 12.2 Å². The Hall–Kier alpha value is -1.49. The summed E-state index contributed by atoms with van der Waals surface area (Å²) in [5, 5.41) is 7.30. The van der Waals surface area contributed by atoms with Gasteiger partial charge in [-0.2, -0.15) is 16.7 Å². The molecular weight excluding hydrogens is 258 g/mol. The Labute approximate surface area is 118 Å². The molecule has 0 spiro atoms. The maximum Gasteiger partial charge on any atom is 0.228 e. The number of rotatable bonds is 8. The Balaban J connectivity index is 1.71. The summed E-state index contributed by atoms with van der Waals surface area (Å²) in [5.74, 6) is 3.48. The number of hydrogen-bond donors (Lipinski definition) is 1. The SMILES string of the molecule is CCCSCc1noc(CCNc2ccccc2)n1. The van der Waals surface area contributed by atoms with E-state index in [-0.39, 0.29) is 0 Å². The molecule has 0 aliphatic heterocycles. The third-order valence-electron chi connectivity index (χ3n) is 2.53. The van der Waals surface area contributed by atoms with E-state index in [4.69, 9.17) is 4.52 Å². The molecule has 5 heteroatoms. The summed E-state index contributed by atoms with van der Waals surface area (Å²) in [5.41, 5.74) is 1.11. The van der Waals surface area contributed by atoms with Crippen LogP contribution < -0.4 is 5.32 Å². The van der Waals surface area contributed by atoms with Gasteiger partial charge in [-0.3, -0.25) is 0 Å². The molecule has 1 heterocycles. The van der Waals surface area contributed by atoms with Gasteiger partial charge in [0.15, 0.2) is 5.82 Å². The standard InChI is InChI=1S/C14H19N3OS/c1-2-10-19-11-13-16-14(18-17-13)8-9-15-12-6-4-3-5-7-12/h3-7,15H,2,8-11H2,1H3. The van der Waals surface area contributed by atoms with Gasteiger partial charge in [0.25, 0.3) is 0 Å². The van der Waals surface area contributed by atoms with Gasteiger partial charge >= 0.3 is 0 Å². The normalized spacial score (nSPS) is 10.6. The number of nitrogens with one attached hydrogen (secondary N) is 1. The molecule has 0 aliphatic rings. The Kier molecular flexibility index (Phi) is 5.75. The number of benzene rings is 1. The summed E-state index contributed by atoms with van der Waals surface area (Å²) in [6.07, 6.45) is 1.93. The van der Waals surface area contributed by atoms with E-state index in [2.05, 4.69) is 22.4 Å². The molecule has 2 aromatic rings. The third kappa shape index (κ3) is 4.95. The average molecular weight is 277 g/mol. The van der Waals surface area contributed by atoms with Crippen LogP contribution in [-0.4, -0.2) is 22.4 Å². The zero-order valence-corrected chi connectivity index (χ0v) is 11.9. The maximum absolute atomic E-state index is 5.22. The Morgan fingerprint density at radius 3 is 2.89 bits per heavy atom. The van der Waals surface area contributed by atoms with Crippen LogP contribution in [0, 0.1) is 0 Å². The van der Waals surface area contributed by atoms with E-state index >= 15 is 0 Å². The fourth-order valence-electron chi connectivity index (χ4n) is 1.63. The number of para-hydroxylation sites is 1. The highest BCUT2D eigenvalue weighted by atomic mass is 32.2. The molecule has 0 bridgehead atoms. The van der Waals surface area contributed by atoms with Gasteiger partial charge in [0.05, 0.1) is 5.75 Å². The van der Waals surface area contributed by atoms with Crippen LogP contribution in [0.5, 0.6) is 0 Å². The van der Waals surface area contributed by atoms with Gasteiger partial charge < -0.3 is 9.84 Å². The van der Waals surface area contributed by atoms with Crippen molar-refractivity contribution in [1.29, 1.82) is 0 Å². The van der Waals surface area contributed by atoms with Crippen molar-refractivity contribution in [2.24, 2.45) is 0 Å². The van der Waals surface area contributed by atoms with E-state index in [1.165, 1.54) is 6.42 Å². The molecule has 102 valence electrons. The summed E-state index contributed by atoms with van der Waals surface area (Å²) in [6.45, 7) is 2.97. The molecule has 1 N–H and O–H groups in total. The maximum atomic E-state index is 5.22. The molecular formula is C14H19N3OS. The van der Waals surface area contributed by atoms with Gasteiger partial charge in [0.2, 0.25) is 5.89 Å². The van der Waals surface area contributed by atoms with Crippen molar-refractivity contribution in [2.75, 3.05) is 17.6 Å².